The van der Waals surface area contributed by atoms with Crippen molar-refractivity contribution in [2.24, 2.45) is 0 Å². The predicted octanol–water partition coefficient (Wildman–Crippen LogP) is 3.48. The van der Waals surface area contributed by atoms with Crippen LogP contribution in [0.4, 0.5) is 24.5 Å². The Balaban J connectivity index is 1.95. The van der Waals surface area contributed by atoms with Gasteiger partial charge in [-0.3, -0.25) is 9.59 Å². The Morgan fingerprint density at radius 3 is 2.34 bits per heavy atom. The van der Waals surface area contributed by atoms with Gasteiger partial charge in [0.1, 0.15) is 0 Å². The van der Waals surface area contributed by atoms with E-state index in [2.05, 4.69) is 10.6 Å². The molecule has 0 saturated carbocycles. The van der Waals surface area contributed by atoms with Crippen molar-refractivity contribution in [3.05, 3.63) is 59.7 Å². The zero-order valence-corrected chi connectivity index (χ0v) is 15.6. The predicted molar refractivity (Wildman–Crippen MR) is 102 cm³/mol. The number of halogens is 3. The molecule has 2 amide bonds. The van der Waals surface area contributed by atoms with Crippen LogP contribution in [0.2, 0.25) is 0 Å². The number of rotatable bonds is 7. The molecule has 0 aliphatic rings. The maximum Gasteiger partial charge on any atom is 0.418 e. The zero-order valence-electron chi connectivity index (χ0n) is 15.6. The fourth-order valence-electron chi connectivity index (χ4n) is 2.53. The smallest absolute Gasteiger partial charge is 0.376 e. The second kappa shape index (κ2) is 9.59. The molecule has 0 radical (unpaired) electrons. The van der Waals surface area contributed by atoms with Gasteiger partial charge in [-0.15, -0.1) is 0 Å². The highest BCUT2D eigenvalue weighted by Gasteiger charge is 2.33. The molecule has 0 unspecified atom stereocenters. The van der Waals surface area contributed by atoms with Crippen LogP contribution in [0.3, 0.4) is 0 Å². The van der Waals surface area contributed by atoms with Crippen LogP contribution < -0.4 is 10.6 Å². The standard InChI is InChI=1S/C20H19F3N4O2/c1-2-27(19(29)12-25-15-9-7-14(11-24)8-10-15)13-18(28)26-17-6-4-3-5-16(17)20(21,22)23/h3-10,25H,2,12-13H2,1H3,(H,26,28). The van der Waals surface area contributed by atoms with E-state index in [1.165, 1.54) is 17.0 Å². The number of nitriles is 1. The normalized spacial score (nSPS) is 10.7. The molecule has 0 aliphatic carbocycles. The number of nitrogens with one attached hydrogen (secondary N) is 2. The van der Waals surface area contributed by atoms with Crippen LogP contribution >= 0.6 is 0 Å². The highest BCUT2D eigenvalue weighted by Crippen LogP contribution is 2.34. The van der Waals surface area contributed by atoms with Gasteiger partial charge in [-0.05, 0) is 43.3 Å². The number of likely N-dealkylation sites (N-methyl/N-ethyl adjacent to an activating group) is 1. The highest BCUT2D eigenvalue weighted by molar-refractivity contribution is 5.95. The highest BCUT2D eigenvalue weighted by atomic mass is 19.4. The number of amides is 2. The summed E-state index contributed by atoms with van der Waals surface area (Å²) in [7, 11) is 0. The molecule has 2 aromatic rings. The molecule has 152 valence electrons. The average Bonchev–Trinajstić information content (AvgIpc) is 2.70. The van der Waals surface area contributed by atoms with Crippen molar-refractivity contribution >= 4 is 23.2 Å². The molecule has 0 bridgehead atoms. The van der Waals surface area contributed by atoms with Crippen molar-refractivity contribution in [3.63, 3.8) is 0 Å². The summed E-state index contributed by atoms with van der Waals surface area (Å²) in [5.74, 6) is -1.12. The lowest BCUT2D eigenvalue weighted by Crippen LogP contribution is -2.40. The monoisotopic (exact) mass is 404 g/mol. The second-order valence-corrected chi connectivity index (χ2v) is 6.04. The van der Waals surface area contributed by atoms with Crippen molar-refractivity contribution in [1.29, 1.82) is 5.26 Å². The largest absolute Gasteiger partial charge is 0.418 e. The van der Waals surface area contributed by atoms with Gasteiger partial charge in [0, 0.05) is 12.2 Å². The summed E-state index contributed by atoms with van der Waals surface area (Å²) < 4.78 is 39.1. The molecule has 2 N–H and O–H groups in total. The first kappa shape index (κ1) is 21.8. The first-order chi connectivity index (χ1) is 13.7. The fraction of sp³-hybridized carbons (Fsp3) is 0.250. The number of benzene rings is 2. The molecule has 2 aromatic carbocycles. The Labute approximate surface area is 165 Å². The lowest BCUT2D eigenvalue weighted by Gasteiger charge is -2.21. The summed E-state index contributed by atoms with van der Waals surface area (Å²) in [6, 6.07) is 13.1. The van der Waals surface area contributed by atoms with Crippen molar-refractivity contribution in [3.8, 4) is 6.07 Å². The van der Waals surface area contributed by atoms with Crippen LogP contribution in [0.5, 0.6) is 0 Å². The molecule has 0 atom stereocenters. The summed E-state index contributed by atoms with van der Waals surface area (Å²) in [4.78, 5) is 25.7. The van der Waals surface area contributed by atoms with Crippen molar-refractivity contribution in [2.45, 2.75) is 13.1 Å². The summed E-state index contributed by atoms with van der Waals surface area (Å²) in [6.45, 7) is 1.39. The quantitative estimate of drug-likeness (QED) is 0.740. The minimum atomic E-state index is -4.60. The summed E-state index contributed by atoms with van der Waals surface area (Å²) in [5.41, 5.74) is -0.209. The number of nitrogens with zero attached hydrogens (tertiary/aromatic N) is 2. The van der Waals surface area contributed by atoms with Gasteiger partial charge < -0.3 is 15.5 Å². The van der Waals surface area contributed by atoms with Crippen LogP contribution in [-0.2, 0) is 15.8 Å². The second-order valence-electron chi connectivity index (χ2n) is 6.04. The molecular formula is C20H19F3N4O2. The van der Waals surface area contributed by atoms with E-state index in [1.54, 1.807) is 31.2 Å². The molecule has 0 aliphatic heterocycles. The molecule has 0 saturated heterocycles. The molecule has 0 aromatic heterocycles. The van der Waals surface area contributed by atoms with Gasteiger partial charge in [0.05, 0.1) is 36.0 Å². The number of hydrogen-bond donors (Lipinski definition) is 2. The number of alkyl halides is 3. The Morgan fingerprint density at radius 1 is 1.10 bits per heavy atom. The van der Waals surface area contributed by atoms with Gasteiger partial charge in [0.25, 0.3) is 0 Å². The van der Waals surface area contributed by atoms with Crippen LogP contribution in [0.15, 0.2) is 48.5 Å². The lowest BCUT2D eigenvalue weighted by molar-refractivity contribution is -0.137. The van der Waals surface area contributed by atoms with E-state index in [1.807, 2.05) is 6.07 Å². The number of carbonyl (C=O) groups excluding carboxylic acids is 2. The van der Waals surface area contributed by atoms with Gasteiger partial charge in [0.2, 0.25) is 11.8 Å². The van der Waals surface area contributed by atoms with E-state index in [0.29, 0.717) is 11.3 Å². The molecule has 0 spiro atoms. The Morgan fingerprint density at radius 2 is 1.76 bits per heavy atom. The van der Waals surface area contributed by atoms with Crippen LogP contribution in [0.25, 0.3) is 0 Å². The van der Waals surface area contributed by atoms with Gasteiger partial charge in [-0.1, -0.05) is 12.1 Å². The van der Waals surface area contributed by atoms with Gasteiger partial charge in [-0.25, -0.2) is 0 Å². The third-order valence-corrected chi connectivity index (χ3v) is 4.03. The SMILES string of the molecule is CCN(CC(=O)Nc1ccccc1C(F)(F)F)C(=O)CNc1ccc(C#N)cc1. The van der Waals surface area contributed by atoms with Crippen molar-refractivity contribution < 1.29 is 22.8 Å². The summed E-state index contributed by atoms with van der Waals surface area (Å²) in [6.07, 6.45) is -4.60. The maximum atomic E-state index is 13.0. The van der Waals surface area contributed by atoms with E-state index < -0.39 is 23.6 Å². The zero-order chi connectivity index (χ0) is 21.4. The van der Waals surface area contributed by atoms with Crippen LogP contribution in [-0.4, -0.2) is 36.3 Å². The molecule has 29 heavy (non-hydrogen) atoms. The Bertz CT molecular complexity index is 905. The number of anilines is 2. The van der Waals surface area contributed by atoms with Crippen molar-refractivity contribution in [2.75, 3.05) is 30.3 Å². The first-order valence-corrected chi connectivity index (χ1v) is 8.72. The fourth-order valence-corrected chi connectivity index (χ4v) is 2.53. The molecule has 0 heterocycles. The van der Waals surface area contributed by atoms with E-state index in [0.717, 1.165) is 12.1 Å². The van der Waals surface area contributed by atoms with Gasteiger partial charge in [0.15, 0.2) is 0 Å². The number of carbonyl (C=O) groups is 2. The molecule has 0 fully saturated rings. The Hall–Kier alpha value is -3.54. The number of para-hydroxylation sites is 1. The summed E-state index contributed by atoms with van der Waals surface area (Å²) >= 11 is 0. The molecule has 6 nitrogen and oxygen atoms in total. The van der Waals surface area contributed by atoms with Crippen LogP contribution in [0.1, 0.15) is 18.1 Å². The lowest BCUT2D eigenvalue weighted by atomic mass is 10.1. The molecular weight excluding hydrogens is 385 g/mol. The average molecular weight is 404 g/mol. The van der Waals surface area contributed by atoms with Crippen LogP contribution in [0, 0.1) is 11.3 Å². The maximum absolute atomic E-state index is 13.0. The topological polar surface area (TPSA) is 85.2 Å². The first-order valence-electron chi connectivity index (χ1n) is 8.72. The van der Waals surface area contributed by atoms with Crippen molar-refractivity contribution in [1.82, 2.24) is 4.90 Å². The van der Waals surface area contributed by atoms with E-state index >= 15 is 0 Å². The minimum Gasteiger partial charge on any atom is -0.376 e. The van der Waals surface area contributed by atoms with Gasteiger partial charge in [-0.2, -0.15) is 18.4 Å². The third-order valence-electron chi connectivity index (χ3n) is 4.03. The number of hydrogen-bond acceptors (Lipinski definition) is 4. The van der Waals surface area contributed by atoms with E-state index in [9.17, 15) is 22.8 Å². The third kappa shape index (κ3) is 6.24. The van der Waals surface area contributed by atoms with E-state index in [4.69, 9.17) is 5.26 Å². The minimum absolute atomic E-state index is 0.105. The molecule has 9 heteroatoms. The van der Waals surface area contributed by atoms with E-state index in [-0.39, 0.29) is 25.3 Å². The summed E-state index contributed by atoms with van der Waals surface area (Å²) in [5, 5.41) is 13.9. The van der Waals surface area contributed by atoms with Gasteiger partial charge >= 0.3 is 6.18 Å². The molecule has 2 rings (SSSR count). The Kier molecular flexibility index (Phi) is 7.20.